The average Bonchev–Trinajstić information content (AvgIpc) is 2.60. The number of aryl methyl sites for hydroxylation is 2. The third-order valence-corrected chi connectivity index (χ3v) is 2.25. The van der Waals surface area contributed by atoms with Crippen LogP contribution in [0.3, 0.4) is 0 Å². The topological polar surface area (TPSA) is 44.1 Å². The molecule has 1 aromatic rings. The van der Waals surface area contributed by atoms with Gasteiger partial charge in [0.15, 0.2) is 0 Å². The molecule has 0 aliphatic carbocycles. The molecule has 0 bridgehead atoms. The number of carbonyl (C=O) groups excluding carboxylic acids is 1. The van der Waals surface area contributed by atoms with Crippen LogP contribution in [0.15, 0.2) is 6.07 Å². The highest BCUT2D eigenvalue weighted by atomic mass is 16.5. The van der Waals surface area contributed by atoms with E-state index in [1.807, 2.05) is 4.68 Å². The lowest BCUT2D eigenvalue weighted by molar-refractivity contribution is -0.141. The number of aromatic nitrogens is 2. The zero-order valence-corrected chi connectivity index (χ0v) is 9.62. The van der Waals surface area contributed by atoms with Crippen molar-refractivity contribution < 1.29 is 9.53 Å². The zero-order chi connectivity index (χ0) is 11.3. The molecule has 0 amide bonds. The van der Waals surface area contributed by atoms with Gasteiger partial charge in [-0.1, -0.05) is 13.8 Å². The molecule has 0 aliphatic rings. The van der Waals surface area contributed by atoms with E-state index in [1.165, 1.54) is 12.6 Å². The third-order valence-electron chi connectivity index (χ3n) is 2.25. The number of rotatable bonds is 5. The first-order valence-electron chi connectivity index (χ1n) is 5.36. The van der Waals surface area contributed by atoms with E-state index in [9.17, 15) is 4.79 Å². The first-order chi connectivity index (χ1) is 7.17. The first-order valence-corrected chi connectivity index (χ1v) is 5.36. The van der Waals surface area contributed by atoms with Gasteiger partial charge in [0.2, 0.25) is 0 Å². The summed E-state index contributed by atoms with van der Waals surface area (Å²) in [5.74, 6) is -0.240. The highest BCUT2D eigenvalue weighted by Crippen LogP contribution is 2.06. The maximum absolute atomic E-state index is 10.6. The van der Waals surface area contributed by atoms with E-state index in [4.69, 9.17) is 4.74 Å². The molecule has 0 fully saturated rings. The predicted octanol–water partition coefficient (Wildman–Crippen LogP) is 1.57. The lowest BCUT2D eigenvalue weighted by Gasteiger charge is -2.05. The Kier molecular flexibility index (Phi) is 4.34. The molecule has 1 aromatic heterocycles. The van der Waals surface area contributed by atoms with Crippen LogP contribution in [0.4, 0.5) is 0 Å². The molecule has 4 heteroatoms. The lowest BCUT2D eigenvalue weighted by Crippen LogP contribution is -2.12. The molecule has 0 aromatic carbocycles. The summed E-state index contributed by atoms with van der Waals surface area (Å²) in [6, 6.07) is 2.10. The fourth-order valence-corrected chi connectivity index (χ4v) is 1.44. The van der Waals surface area contributed by atoms with Crippen LogP contribution in [0.25, 0.3) is 0 Å². The monoisotopic (exact) mass is 210 g/mol. The van der Waals surface area contributed by atoms with Crippen molar-refractivity contribution in [2.45, 2.75) is 40.2 Å². The summed E-state index contributed by atoms with van der Waals surface area (Å²) in [6.45, 7) is 6.63. The van der Waals surface area contributed by atoms with E-state index in [1.54, 1.807) is 0 Å². The van der Waals surface area contributed by atoms with E-state index in [-0.39, 0.29) is 5.97 Å². The minimum Gasteiger partial charge on any atom is -0.464 e. The van der Waals surface area contributed by atoms with E-state index in [0.717, 1.165) is 18.5 Å². The van der Waals surface area contributed by atoms with Crippen LogP contribution in [-0.2, 0) is 28.9 Å². The highest BCUT2D eigenvalue weighted by molar-refractivity contribution is 5.65. The smallest absolute Gasteiger partial charge is 0.302 e. The van der Waals surface area contributed by atoms with Gasteiger partial charge in [0.05, 0.1) is 12.2 Å². The molecule has 0 spiro atoms. The molecule has 0 unspecified atom stereocenters. The number of esters is 1. The van der Waals surface area contributed by atoms with Gasteiger partial charge in [-0.25, -0.2) is 0 Å². The summed E-state index contributed by atoms with van der Waals surface area (Å²) >= 11 is 0. The Balaban J connectivity index is 2.58. The Labute approximate surface area is 90.2 Å². The van der Waals surface area contributed by atoms with Crippen LogP contribution in [-0.4, -0.2) is 22.4 Å². The second kappa shape index (κ2) is 5.53. The number of ether oxygens (including phenoxy) is 1. The van der Waals surface area contributed by atoms with E-state index in [0.29, 0.717) is 13.2 Å². The quantitative estimate of drug-likeness (QED) is 0.693. The van der Waals surface area contributed by atoms with Gasteiger partial charge in [-0.3, -0.25) is 9.48 Å². The predicted molar refractivity (Wildman–Crippen MR) is 57.6 cm³/mol. The molecule has 4 nitrogen and oxygen atoms in total. The second-order valence-corrected chi connectivity index (χ2v) is 3.40. The lowest BCUT2D eigenvalue weighted by atomic mass is 10.3. The molecular formula is C11H18N2O2. The van der Waals surface area contributed by atoms with Gasteiger partial charge in [0, 0.05) is 12.6 Å². The highest BCUT2D eigenvalue weighted by Gasteiger charge is 2.05. The molecular weight excluding hydrogens is 192 g/mol. The summed E-state index contributed by atoms with van der Waals surface area (Å²) in [7, 11) is 0. The Hall–Kier alpha value is -1.32. The molecule has 0 radical (unpaired) electrons. The summed E-state index contributed by atoms with van der Waals surface area (Å²) in [5.41, 5.74) is 2.29. The van der Waals surface area contributed by atoms with Gasteiger partial charge in [-0.15, -0.1) is 0 Å². The molecule has 0 saturated carbocycles. The standard InChI is InChI=1S/C11H18N2O2/c1-4-10-8-11(5-2)13(12-10)6-7-15-9(3)14/h8H,4-7H2,1-3H3. The fraction of sp³-hybridized carbons (Fsp3) is 0.636. The molecule has 0 atom stereocenters. The van der Waals surface area contributed by atoms with Gasteiger partial charge < -0.3 is 4.74 Å². The van der Waals surface area contributed by atoms with Crippen LogP contribution in [0.5, 0.6) is 0 Å². The maximum Gasteiger partial charge on any atom is 0.302 e. The minimum atomic E-state index is -0.240. The van der Waals surface area contributed by atoms with Crippen molar-refractivity contribution >= 4 is 5.97 Å². The molecule has 1 heterocycles. The SMILES string of the molecule is CCc1cc(CC)n(CCOC(C)=O)n1. The van der Waals surface area contributed by atoms with Crippen LogP contribution in [0.2, 0.25) is 0 Å². The molecule has 84 valence electrons. The number of nitrogens with zero attached hydrogens (tertiary/aromatic N) is 2. The van der Waals surface area contributed by atoms with Gasteiger partial charge in [-0.05, 0) is 18.9 Å². The van der Waals surface area contributed by atoms with Crippen molar-refractivity contribution in [3.05, 3.63) is 17.5 Å². The largest absolute Gasteiger partial charge is 0.464 e. The summed E-state index contributed by atoms with van der Waals surface area (Å²) in [4.78, 5) is 10.6. The van der Waals surface area contributed by atoms with Gasteiger partial charge in [0.1, 0.15) is 6.61 Å². The molecule has 0 aliphatic heterocycles. The number of hydrogen-bond donors (Lipinski definition) is 0. The Morgan fingerprint density at radius 2 is 2.20 bits per heavy atom. The van der Waals surface area contributed by atoms with Crippen molar-refractivity contribution in [1.29, 1.82) is 0 Å². The van der Waals surface area contributed by atoms with Gasteiger partial charge in [-0.2, -0.15) is 5.10 Å². The summed E-state index contributed by atoms with van der Waals surface area (Å²) in [6.07, 6.45) is 1.89. The molecule has 1 rings (SSSR count). The summed E-state index contributed by atoms with van der Waals surface area (Å²) < 4.78 is 6.81. The number of carbonyl (C=O) groups is 1. The Bertz CT molecular complexity index is 331. The minimum absolute atomic E-state index is 0.240. The molecule has 0 N–H and O–H groups in total. The fourth-order valence-electron chi connectivity index (χ4n) is 1.44. The maximum atomic E-state index is 10.6. The van der Waals surface area contributed by atoms with E-state index >= 15 is 0 Å². The number of hydrogen-bond acceptors (Lipinski definition) is 3. The van der Waals surface area contributed by atoms with Crippen LogP contribution in [0, 0.1) is 0 Å². The van der Waals surface area contributed by atoms with E-state index < -0.39 is 0 Å². The average molecular weight is 210 g/mol. The zero-order valence-electron chi connectivity index (χ0n) is 9.62. The second-order valence-electron chi connectivity index (χ2n) is 3.40. The van der Waals surface area contributed by atoms with Gasteiger partial charge >= 0.3 is 5.97 Å². The van der Waals surface area contributed by atoms with Crippen molar-refractivity contribution in [3.63, 3.8) is 0 Å². The summed E-state index contributed by atoms with van der Waals surface area (Å²) in [5, 5.41) is 4.42. The molecule has 15 heavy (non-hydrogen) atoms. The Morgan fingerprint density at radius 1 is 1.47 bits per heavy atom. The van der Waals surface area contributed by atoms with Crippen LogP contribution < -0.4 is 0 Å². The van der Waals surface area contributed by atoms with Crippen LogP contribution >= 0.6 is 0 Å². The van der Waals surface area contributed by atoms with Crippen molar-refractivity contribution in [2.24, 2.45) is 0 Å². The first kappa shape index (κ1) is 11.8. The van der Waals surface area contributed by atoms with E-state index in [2.05, 4.69) is 25.0 Å². The third kappa shape index (κ3) is 3.38. The van der Waals surface area contributed by atoms with Crippen LogP contribution in [0.1, 0.15) is 32.2 Å². The van der Waals surface area contributed by atoms with Crippen molar-refractivity contribution in [2.75, 3.05) is 6.61 Å². The Morgan fingerprint density at radius 3 is 2.73 bits per heavy atom. The molecule has 0 saturated heterocycles. The van der Waals surface area contributed by atoms with Crippen molar-refractivity contribution in [1.82, 2.24) is 9.78 Å². The van der Waals surface area contributed by atoms with Gasteiger partial charge in [0.25, 0.3) is 0 Å². The normalized spacial score (nSPS) is 10.3. The van der Waals surface area contributed by atoms with Crippen molar-refractivity contribution in [3.8, 4) is 0 Å².